The molecule has 0 saturated carbocycles. The van der Waals surface area contributed by atoms with E-state index in [1.54, 1.807) is 0 Å². The topological polar surface area (TPSA) is 48.9 Å². The molecule has 132 valence electrons. The largest absolute Gasteiger partial charge is 0.370 e. The molecule has 6 nitrogen and oxygen atoms in total. The highest BCUT2D eigenvalue weighted by molar-refractivity contribution is 5.78. The van der Waals surface area contributed by atoms with Gasteiger partial charge in [-0.1, -0.05) is 6.07 Å². The van der Waals surface area contributed by atoms with Crippen LogP contribution in [-0.2, 0) is 9.53 Å². The fourth-order valence-corrected chi connectivity index (χ4v) is 3.72. The first-order valence-corrected chi connectivity index (χ1v) is 8.77. The lowest BCUT2D eigenvalue weighted by molar-refractivity contribution is -0.145. The molecular formula is C18H28N4O2. The lowest BCUT2D eigenvalue weighted by Crippen LogP contribution is -2.56. The van der Waals surface area contributed by atoms with Gasteiger partial charge in [0.2, 0.25) is 5.91 Å². The van der Waals surface area contributed by atoms with Gasteiger partial charge < -0.3 is 14.5 Å². The van der Waals surface area contributed by atoms with Gasteiger partial charge in [-0.15, -0.1) is 0 Å². The highest BCUT2D eigenvalue weighted by atomic mass is 16.5. The van der Waals surface area contributed by atoms with Crippen LogP contribution in [0.1, 0.15) is 20.8 Å². The molecule has 1 aromatic heterocycles. The fraction of sp³-hybridized carbons (Fsp3) is 0.667. The molecule has 2 saturated heterocycles. The first-order chi connectivity index (χ1) is 11.4. The van der Waals surface area contributed by atoms with E-state index in [1.807, 2.05) is 29.3 Å². The summed E-state index contributed by atoms with van der Waals surface area (Å²) in [5.74, 6) is 1.22. The quantitative estimate of drug-likeness (QED) is 0.833. The molecule has 0 bridgehead atoms. The summed E-state index contributed by atoms with van der Waals surface area (Å²) >= 11 is 0. The summed E-state index contributed by atoms with van der Waals surface area (Å²) in [6.07, 6.45) is 1.98. The Labute approximate surface area is 144 Å². The molecule has 1 atom stereocenters. The summed E-state index contributed by atoms with van der Waals surface area (Å²) in [5.41, 5.74) is -0.185. The molecule has 1 unspecified atom stereocenters. The Morgan fingerprint density at radius 2 is 2.04 bits per heavy atom. The predicted octanol–water partition coefficient (Wildman–Crippen LogP) is 1.23. The van der Waals surface area contributed by atoms with Gasteiger partial charge in [0.1, 0.15) is 5.82 Å². The predicted molar refractivity (Wildman–Crippen MR) is 94.1 cm³/mol. The Balaban J connectivity index is 1.50. The van der Waals surface area contributed by atoms with E-state index in [0.717, 1.165) is 45.1 Å². The number of carbonyl (C=O) groups is 1. The lowest BCUT2D eigenvalue weighted by Gasteiger charge is -2.42. The summed E-state index contributed by atoms with van der Waals surface area (Å²) < 4.78 is 5.91. The average Bonchev–Trinajstić information content (AvgIpc) is 2.54. The molecule has 3 rings (SSSR count). The maximum absolute atomic E-state index is 12.6. The number of carbonyl (C=O) groups excluding carboxylic acids is 1. The Bertz CT molecular complexity index is 555. The molecule has 0 aromatic carbocycles. The first kappa shape index (κ1) is 17.2. The van der Waals surface area contributed by atoms with Crippen molar-refractivity contribution in [2.45, 2.75) is 32.5 Å². The Hall–Kier alpha value is -1.66. The van der Waals surface area contributed by atoms with E-state index >= 15 is 0 Å². The van der Waals surface area contributed by atoms with Crippen molar-refractivity contribution in [3.05, 3.63) is 24.4 Å². The zero-order chi connectivity index (χ0) is 17.2. The third-order valence-electron chi connectivity index (χ3n) is 4.60. The molecular weight excluding hydrogens is 304 g/mol. The zero-order valence-electron chi connectivity index (χ0n) is 14.9. The highest BCUT2D eigenvalue weighted by Gasteiger charge is 2.33. The number of pyridine rings is 1. The molecule has 0 N–H and O–H groups in total. The fourth-order valence-electron chi connectivity index (χ4n) is 3.72. The van der Waals surface area contributed by atoms with E-state index in [1.165, 1.54) is 0 Å². The molecule has 2 aliphatic rings. The van der Waals surface area contributed by atoms with Crippen LogP contribution in [0.25, 0.3) is 0 Å². The van der Waals surface area contributed by atoms with Crippen LogP contribution in [0.15, 0.2) is 24.4 Å². The van der Waals surface area contributed by atoms with Crippen LogP contribution < -0.4 is 4.90 Å². The molecule has 0 radical (unpaired) electrons. The molecule has 0 aliphatic carbocycles. The van der Waals surface area contributed by atoms with E-state index in [0.29, 0.717) is 6.54 Å². The second kappa shape index (κ2) is 7.07. The van der Waals surface area contributed by atoms with Crippen LogP contribution in [-0.4, -0.2) is 78.2 Å². The van der Waals surface area contributed by atoms with Crippen molar-refractivity contribution < 1.29 is 9.53 Å². The van der Waals surface area contributed by atoms with Gasteiger partial charge in [0.05, 0.1) is 18.2 Å². The molecule has 1 aromatic rings. The SMILES string of the molecule is CC1CN(CC(=O)N2CCN(c3ccccn3)CC2)CC(C)(C)O1. The van der Waals surface area contributed by atoms with Gasteiger partial charge in [0.25, 0.3) is 0 Å². The Kier molecular flexibility index (Phi) is 5.06. The molecule has 3 heterocycles. The van der Waals surface area contributed by atoms with Crippen LogP contribution in [0.3, 0.4) is 0 Å². The number of nitrogens with zero attached hydrogens (tertiary/aromatic N) is 4. The van der Waals surface area contributed by atoms with Crippen molar-refractivity contribution in [2.24, 2.45) is 0 Å². The Morgan fingerprint density at radius 1 is 1.29 bits per heavy atom. The van der Waals surface area contributed by atoms with Crippen LogP contribution in [0.4, 0.5) is 5.82 Å². The van der Waals surface area contributed by atoms with E-state index in [2.05, 4.69) is 35.6 Å². The molecule has 2 aliphatic heterocycles. The molecule has 2 fully saturated rings. The summed E-state index contributed by atoms with van der Waals surface area (Å²) in [5, 5.41) is 0. The van der Waals surface area contributed by atoms with Crippen LogP contribution in [0.2, 0.25) is 0 Å². The van der Waals surface area contributed by atoms with Crippen molar-refractivity contribution in [1.29, 1.82) is 0 Å². The standard InChI is InChI=1S/C18H28N4O2/c1-15-12-20(14-18(2,3)24-15)13-17(23)22-10-8-21(9-11-22)16-6-4-5-7-19-16/h4-7,15H,8-14H2,1-3H3. The van der Waals surface area contributed by atoms with Gasteiger partial charge in [-0.2, -0.15) is 0 Å². The average molecular weight is 332 g/mol. The van der Waals surface area contributed by atoms with Crippen LogP contribution >= 0.6 is 0 Å². The number of hydrogen-bond acceptors (Lipinski definition) is 5. The molecule has 6 heteroatoms. The third-order valence-corrected chi connectivity index (χ3v) is 4.60. The van der Waals surface area contributed by atoms with Crippen molar-refractivity contribution >= 4 is 11.7 Å². The number of rotatable bonds is 3. The van der Waals surface area contributed by atoms with Crippen LogP contribution in [0, 0.1) is 0 Å². The molecule has 24 heavy (non-hydrogen) atoms. The van der Waals surface area contributed by atoms with Crippen LogP contribution in [0.5, 0.6) is 0 Å². The van der Waals surface area contributed by atoms with Crippen molar-refractivity contribution in [1.82, 2.24) is 14.8 Å². The summed E-state index contributed by atoms with van der Waals surface area (Å²) in [4.78, 5) is 23.5. The minimum atomic E-state index is -0.185. The van der Waals surface area contributed by atoms with Gasteiger partial charge >= 0.3 is 0 Å². The van der Waals surface area contributed by atoms with E-state index < -0.39 is 0 Å². The number of anilines is 1. The number of hydrogen-bond donors (Lipinski definition) is 0. The third kappa shape index (κ3) is 4.24. The number of piperazine rings is 1. The van der Waals surface area contributed by atoms with E-state index in [-0.39, 0.29) is 17.6 Å². The smallest absolute Gasteiger partial charge is 0.236 e. The minimum Gasteiger partial charge on any atom is -0.370 e. The number of morpholine rings is 1. The summed E-state index contributed by atoms with van der Waals surface area (Å²) in [6, 6.07) is 5.95. The number of amides is 1. The monoisotopic (exact) mass is 332 g/mol. The summed E-state index contributed by atoms with van der Waals surface area (Å²) in [7, 11) is 0. The second-order valence-electron chi connectivity index (χ2n) is 7.41. The van der Waals surface area contributed by atoms with Crippen molar-refractivity contribution in [3.63, 3.8) is 0 Å². The minimum absolute atomic E-state index is 0.169. The van der Waals surface area contributed by atoms with E-state index in [4.69, 9.17) is 4.74 Å². The van der Waals surface area contributed by atoms with Crippen molar-refractivity contribution in [3.8, 4) is 0 Å². The number of aromatic nitrogens is 1. The van der Waals surface area contributed by atoms with Gasteiger partial charge in [-0.05, 0) is 32.9 Å². The van der Waals surface area contributed by atoms with Crippen molar-refractivity contribution in [2.75, 3.05) is 50.7 Å². The maximum Gasteiger partial charge on any atom is 0.236 e. The summed E-state index contributed by atoms with van der Waals surface area (Å²) in [6.45, 7) is 11.6. The highest BCUT2D eigenvalue weighted by Crippen LogP contribution is 2.21. The molecule has 1 amide bonds. The second-order valence-corrected chi connectivity index (χ2v) is 7.41. The Morgan fingerprint density at radius 3 is 2.67 bits per heavy atom. The zero-order valence-corrected chi connectivity index (χ0v) is 14.9. The van der Waals surface area contributed by atoms with Gasteiger partial charge in [-0.3, -0.25) is 9.69 Å². The van der Waals surface area contributed by atoms with Gasteiger partial charge in [-0.25, -0.2) is 4.98 Å². The maximum atomic E-state index is 12.6. The molecule has 0 spiro atoms. The lowest BCUT2D eigenvalue weighted by atomic mass is 10.1. The van der Waals surface area contributed by atoms with E-state index in [9.17, 15) is 4.79 Å². The number of ether oxygens (including phenoxy) is 1. The first-order valence-electron chi connectivity index (χ1n) is 8.77. The van der Waals surface area contributed by atoms with Gasteiger partial charge in [0.15, 0.2) is 0 Å². The van der Waals surface area contributed by atoms with Gasteiger partial charge in [0, 0.05) is 45.5 Å². The normalized spacial score (nSPS) is 24.9.